The fraction of sp³-hybridized carbons (Fsp3) is 0.707. The molecule has 0 N–H and O–H groups in total. The summed E-state index contributed by atoms with van der Waals surface area (Å²) in [5.41, 5.74) is 6.74. The van der Waals surface area contributed by atoms with Gasteiger partial charge < -0.3 is 28.4 Å². The summed E-state index contributed by atoms with van der Waals surface area (Å²) >= 11 is 0. The van der Waals surface area contributed by atoms with Gasteiger partial charge in [-0.3, -0.25) is 0 Å². The van der Waals surface area contributed by atoms with Crippen LogP contribution in [0.5, 0.6) is 5.75 Å². The molecule has 1 aliphatic carbocycles. The summed E-state index contributed by atoms with van der Waals surface area (Å²) in [6, 6.07) is 13.9. The van der Waals surface area contributed by atoms with Crippen molar-refractivity contribution in [2.45, 2.75) is 148 Å². The van der Waals surface area contributed by atoms with Crippen LogP contribution < -0.4 is 4.74 Å². The van der Waals surface area contributed by atoms with Crippen molar-refractivity contribution in [1.29, 1.82) is 0 Å². The third-order valence-electron chi connectivity index (χ3n) is 9.86. The number of unbranched alkanes of at least 4 members (excludes halogenated alkanes) is 4. The quantitative estimate of drug-likeness (QED) is 0.126. The van der Waals surface area contributed by atoms with Crippen LogP contribution in [0.4, 0.5) is 0 Å². The first-order valence-corrected chi connectivity index (χ1v) is 19.1. The Morgan fingerprint density at radius 1 is 0.723 bits per heavy atom. The van der Waals surface area contributed by atoms with Gasteiger partial charge in [0.05, 0.1) is 13.2 Å². The molecule has 0 spiro atoms. The highest BCUT2D eigenvalue weighted by molar-refractivity contribution is 5.44. The van der Waals surface area contributed by atoms with Crippen molar-refractivity contribution >= 4 is 0 Å². The number of hydrogen-bond acceptors (Lipinski definition) is 6. The summed E-state index contributed by atoms with van der Waals surface area (Å²) in [6.07, 6.45) is 12.8. The van der Waals surface area contributed by atoms with E-state index >= 15 is 0 Å². The first kappa shape index (κ1) is 36.3. The van der Waals surface area contributed by atoms with Gasteiger partial charge in [0.25, 0.3) is 0 Å². The lowest BCUT2D eigenvalue weighted by Crippen LogP contribution is -2.58. The third-order valence-corrected chi connectivity index (χ3v) is 9.86. The van der Waals surface area contributed by atoms with Crippen LogP contribution in [0, 0.1) is 0 Å². The zero-order valence-corrected chi connectivity index (χ0v) is 29.8. The van der Waals surface area contributed by atoms with Crippen molar-refractivity contribution in [3.05, 3.63) is 64.2 Å². The van der Waals surface area contributed by atoms with E-state index in [0.717, 1.165) is 89.6 Å². The van der Waals surface area contributed by atoms with E-state index in [0.29, 0.717) is 32.3 Å². The molecule has 5 atom stereocenters. The molecule has 0 amide bonds. The molecule has 0 aromatic heterocycles. The van der Waals surface area contributed by atoms with Gasteiger partial charge in [0, 0.05) is 26.4 Å². The SMILES string of the molecule is CCCCOC[C@H]1OC(c2ccc(C3CC3)c(Cc3ccc4c(c3)CCCO4)c2)[C@H](OCCCC)[C@@H](OCCCC)[C@@H]1OCCCC. The minimum Gasteiger partial charge on any atom is -0.493 e. The van der Waals surface area contributed by atoms with Gasteiger partial charge >= 0.3 is 0 Å². The molecule has 2 aliphatic heterocycles. The summed E-state index contributed by atoms with van der Waals surface area (Å²) < 4.78 is 39.5. The number of fused-ring (bicyclic) bond motifs is 1. The maximum absolute atomic E-state index is 7.10. The summed E-state index contributed by atoms with van der Waals surface area (Å²) in [7, 11) is 0. The average molecular weight is 651 g/mol. The number of hydrogen-bond donors (Lipinski definition) is 0. The van der Waals surface area contributed by atoms with Crippen molar-refractivity contribution in [3.63, 3.8) is 0 Å². The fourth-order valence-electron chi connectivity index (χ4n) is 6.92. The second-order valence-electron chi connectivity index (χ2n) is 13.9. The maximum Gasteiger partial charge on any atom is 0.122 e. The zero-order chi connectivity index (χ0) is 32.8. The predicted octanol–water partition coefficient (Wildman–Crippen LogP) is 9.29. The lowest BCUT2D eigenvalue weighted by molar-refractivity contribution is -0.268. The maximum atomic E-state index is 7.10. The molecule has 1 saturated carbocycles. The topological polar surface area (TPSA) is 55.4 Å². The van der Waals surface area contributed by atoms with Gasteiger partial charge in [-0.05, 0) is 97.6 Å². The largest absolute Gasteiger partial charge is 0.493 e. The van der Waals surface area contributed by atoms with Crippen LogP contribution in [0.25, 0.3) is 0 Å². The third kappa shape index (κ3) is 10.3. The first-order chi connectivity index (χ1) is 23.2. The Bertz CT molecular complexity index is 1190. The van der Waals surface area contributed by atoms with E-state index in [1.807, 2.05) is 0 Å². The summed E-state index contributed by atoms with van der Waals surface area (Å²) in [6.45, 7) is 12.9. The van der Waals surface area contributed by atoms with Crippen LogP contribution in [0.3, 0.4) is 0 Å². The van der Waals surface area contributed by atoms with Crippen molar-refractivity contribution in [2.75, 3.05) is 39.6 Å². The van der Waals surface area contributed by atoms with Gasteiger partial charge in [-0.2, -0.15) is 0 Å². The highest BCUT2D eigenvalue weighted by Crippen LogP contribution is 2.44. The number of aryl methyl sites for hydroxylation is 1. The second kappa shape index (κ2) is 19.3. The molecule has 5 rings (SSSR count). The number of rotatable bonds is 21. The van der Waals surface area contributed by atoms with E-state index in [4.69, 9.17) is 28.4 Å². The number of ether oxygens (including phenoxy) is 6. The van der Waals surface area contributed by atoms with Crippen molar-refractivity contribution in [2.24, 2.45) is 0 Å². The first-order valence-electron chi connectivity index (χ1n) is 19.1. The van der Waals surface area contributed by atoms with Crippen LogP contribution in [0.15, 0.2) is 36.4 Å². The molecule has 262 valence electrons. The number of benzene rings is 2. The molecule has 2 aromatic carbocycles. The average Bonchev–Trinajstić information content (AvgIpc) is 3.94. The minimum absolute atomic E-state index is 0.235. The summed E-state index contributed by atoms with van der Waals surface area (Å²) in [5.74, 6) is 1.71. The van der Waals surface area contributed by atoms with Crippen molar-refractivity contribution in [3.8, 4) is 5.75 Å². The molecule has 3 aliphatic rings. The van der Waals surface area contributed by atoms with Crippen molar-refractivity contribution in [1.82, 2.24) is 0 Å². The molecule has 1 saturated heterocycles. The molecule has 0 bridgehead atoms. The smallest absolute Gasteiger partial charge is 0.122 e. The Hall–Kier alpha value is -1.96. The van der Waals surface area contributed by atoms with Crippen LogP contribution in [0.2, 0.25) is 0 Å². The van der Waals surface area contributed by atoms with Crippen LogP contribution >= 0.6 is 0 Å². The highest BCUT2D eigenvalue weighted by atomic mass is 16.6. The molecule has 6 heteroatoms. The van der Waals surface area contributed by atoms with Crippen LogP contribution in [-0.4, -0.2) is 64.1 Å². The molecule has 47 heavy (non-hydrogen) atoms. The predicted molar refractivity (Wildman–Crippen MR) is 189 cm³/mol. The van der Waals surface area contributed by atoms with Crippen LogP contribution in [-0.2, 0) is 36.5 Å². The molecule has 2 aromatic rings. The summed E-state index contributed by atoms with van der Waals surface area (Å²) in [5, 5.41) is 0. The van der Waals surface area contributed by atoms with Gasteiger partial charge in [-0.1, -0.05) is 83.7 Å². The van der Waals surface area contributed by atoms with E-state index in [9.17, 15) is 0 Å². The highest BCUT2D eigenvalue weighted by Gasteiger charge is 2.49. The molecule has 0 radical (unpaired) electrons. The summed E-state index contributed by atoms with van der Waals surface area (Å²) in [4.78, 5) is 0. The van der Waals surface area contributed by atoms with E-state index < -0.39 is 0 Å². The Kier molecular flexibility index (Phi) is 14.9. The van der Waals surface area contributed by atoms with Crippen LogP contribution in [0.1, 0.15) is 138 Å². The van der Waals surface area contributed by atoms with Gasteiger partial charge in [-0.25, -0.2) is 0 Å². The molecular weight excluding hydrogens is 588 g/mol. The molecular formula is C41H62O6. The fourth-order valence-corrected chi connectivity index (χ4v) is 6.92. The Morgan fingerprint density at radius 2 is 1.40 bits per heavy atom. The molecule has 2 heterocycles. The normalized spacial score (nSPS) is 24.2. The van der Waals surface area contributed by atoms with Gasteiger partial charge in [0.1, 0.15) is 36.3 Å². The second-order valence-corrected chi connectivity index (χ2v) is 13.9. The van der Waals surface area contributed by atoms with E-state index in [1.54, 1.807) is 0 Å². The molecule has 2 fully saturated rings. The standard InChI is InChI=1S/C41H62O6/c1-5-9-21-42-29-37-39(44-22-10-6-2)41(46-24-12-8-4)40(45-23-11-7-3)38(47-37)33-18-19-35(31-16-17-31)34(28-33)27-30-15-20-36-32(26-30)14-13-25-43-36/h15,18-20,26,28,31,37-41H,5-14,16-17,21-25,27,29H2,1-4H3/t37-,38?,39-,40+,41+/m1/s1. The van der Waals surface area contributed by atoms with Gasteiger partial charge in [0.15, 0.2) is 0 Å². The Morgan fingerprint density at radius 3 is 2.11 bits per heavy atom. The lowest BCUT2D eigenvalue weighted by atomic mass is 9.87. The zero-order valence-electron chi connectivity index (χ0n) is 29.8. The van der Waals surface area contributed by atoms with Gasteiger partial charge in [0.2, 0.25) is 0 Å². The molecule has 1 unspecified atom stereocenters. The Balaban J connectivity index is 1.48. The molecule has 6 nitrogen and oxygen atoms in total. The minimum atomic E-state index is -0.270. The van der Waals surface area contributed by atoms with E-state index in [1.165, 1.54) is 40.7 Å². The van der Waals surface area contributed by atoms with E-state index in [-0.39, 0.29) is 30.5 Å². The van der Waals surface area contributed by atoms with Crippen molar-refractivity contribution < 1.29 is 28.4 Å². The monoisotopic (exact) mass is 650 g/mol. The van der Waals surface area contributed by atoms with Gasteiger partial charge in [-0.15, -0.1) is 0 Å². The van der Waals surface area contributed by atoms with E-state index in [2.05, 4.69) is 64.1 Å². The Labute approximate surface area is 285 Å². The lowest BCUT2D eigenvalue weighted by Gasteiger charge is -2.46.